The minimum atomic E-state index is -0.884. The SMILES string of the molecule is Cc1ccccc1O[C@@H](C)C(=O)NC(N)=O. The number of aryl methyl sites for hydroxylation is 1. The Labute approximate surface area is 93.6 Å². The van der Waals surface area contributed by atoms with Gasteiger partial charge >= 0.3 is 6.03 Å². The number of hydrogen-bond donors (Lipinski definition) is 2. The van der Waals surface area contributed by atoms with Crippen LogP contribution in [0.2, 0.25) is 0 Å². The minimum Gasteiger partial charge on any atom is -0.481 e. The fourth-order valence-electron chi connectivity index (χ4n) is 1.16. The number of ether oxygens (including phenoxy) is 1. The van der Waals surface area contributed by atoms with Gasteiger partial charge in [0.15, 0.2) is 6.10 Å². The summed E-state index contributed by atoms with van der Waals surface area (Å²) in [6.45, 7) is 3.42. The standard InChI is InChI=1S/C11H14N2O3/c1-7-5-3-4-6-9(7)16-8(2)10(14)13-11(12)15/h3-6,8H,1-2H3,(H3,12,13,14,15)/t8-/m0/s1. The molecule has 1 rings (SSSR count). The Kier molecular flexibility index (Phi) is 3.88. The van der Waals surface area contributed by atoms with Crippen LogP contribution in [0.4, 0.5) is 4.79 Å². The quantitative estimate of drug-likeness (QED) is 0.799. The van der Waals surface area contributed by atoms with Crippen LogP contribution in [0.15, 0.2) is 24.3 Å². The van der Waals surface area contributed by atoms with E-state index in [0.29, 0.717) is 5.75 Å². The second-order valence-electron chi connectivity index (χ2n) is 3.38. The van der Waals surface area contributed by atoms with Gasteiger partial charge in [-0.05, 0) is 25.5 Å². The molecular weight excluding hydrogens is 208 g/mol. The van der Waals surface area contributed by atoms with Crippen LogP contribution in [0.3, 0.4) is 0 Å². The highest BCUT2D eigenvalue weighted by Gasteiger charge is 2.16. The summed E-state index contributed by atoms with van der Waals surface area (Å²) in [6, 6.07) is 6.42. The molecule has 0 aliphatic rings. The largest absolute Gasteiger partial charge is 0.481 e. The molecule has 0 saturated carbocycles. The second kappa shape index (κ2) is 5.16. The van der Waals surface area contributed by atoms with Crippen LogP contribution < -0.4 is 15.8 Å². The molecule has 0 unspecified atom stereocenters. The lowest BCUT2D eigenvalue weighted by molar-refractivity contribution is -0.126. The van der Waals surface area contributed by atoms with Crippen LogP contribution in [-0.4, -0.2) is 18.0 Å². The molecule has 0 aliphatic carbocycles. The van der Waals surface area contributed by atoms with Crippen LogP contribution in [0.1, 0.15) is 12.5 Å². The molecule has 1 aromatic rings. The van der Waals surface area contributed by atoms with Crippen molar-refractivity contribution in [3.63, 3.8) is 0 Å². The van der Waals surface area contributed by atoms with Crippen molar-refractivity contribution in [2.45, 2.75) is 20.0 Å². The summed E-state index contributed by atoms with van der Waals surface area (Å²) in [5.41, 5.74) is 5.75. The molecular formula is C11H14N2O3. The van der Waals surface area contributed by atoms with E-state index < -0.39 is 18.0 Å². The molecule has 3 amide bonds. The van der Waals surface area contributed by atoms with Crippen molar-refractivity contribution in [3.05, 3.63) is 29.8 Å². The maximum absolute atomic E-state index is 11.3. The third kappa shape index (κ3) is 3.27. The topological polar surface area (TPSA) is 81.4 Å². The van der Waals surface area contributed by atoms with Crippen molar-refractivity contribution in [1.82, 2.24) is 5.32 Å². The average molecular weight is 222 g/mol. The number of nitrogens with one attached hydrogen (secondary N) is 1. The van der Waals surface area contributed by atoms with Gasteiger partial charge in [0.2, 0.25) is 0 Å². The molecule has 0 heterocycles. The van der Waals surface area contributed by atoms with Crippen molar-refractivity contribution in [3.8, 4) is 5.75 Å². The van der Waals surface area contributed by atoms with Crippen molar-refractivity contribution >= 4 is 11.9 Å². The average Bonchev–Trinajstić information content (AvgIpc) is 2.20. The number of rotatable bonds is 3. The van der Waals surface area contributed by atoms with Gasteiger partial charge in [-0.25, -0.2) is 4.79 Å². The summed E-state index contributed by atoms with van der Waals surface area (Å²) in [4.78, 5) is 21.8. The molecule has 86 valence electrons. The maximum Gasteiger partial charge on any atom is 0.318 e. The Bertz CT molecular complexity index is 404. The summed E-state index contributed by atoms with van der Waals surface area (Å²) >= 11 is 0. The number of urea groups is 1. The highest BCUT2D eigenvalue weighted by atomic mass is 16.5. The summed E-state index contributed by atoms with van der Waals surface area (Å²) in [5.74, 6) is 0.0466. The molecule has 1 aromatic carbocycles. The van der Waals surface area contributed by atoms with E-state index in [-0.39, 0.29) is 0 Å². The van der Waals surface area contributed by atoms with Gasteiger partial charge in [-0.2, -0.15) is 0 Å². The number of benzene rings is 1. The van der Waals surface area contributed by atoms with Crippen LogP contribution >= 0.6 is 0 Å². The number of amides is 3. The third-order valence-electron chi connectivity index (χ3n) is 2.01. The first-order valence-corrected chi connectivity index (χ1v) is 4.83. The van der Waals surface area contributed by atoms with Crippen molar-refractivity contribution in [2.24, 2.45) is 5.73 Å². The molecule has 5 heteroatoms. The monoisotopic (exact) mass is 222 g/mol. The first-order valence-electron chi connectivity index (χ1n) is 4.83. The number of para-hydroxylation sites is 1. The lowest BCUT2D eigenvalue weighted by Gasteiger charge is -2.14. The molecule has 3 N–H and O–H groups in total. The molecule has 0 aliphatic heterocycles. The number of hydrogen-bond acceptors (Lipinski definition) is 3. The molecule has 0 spiro atoms. The van der Waals surface area contributed by atoms with Gasteiger partial charge < -0.3 is 10.5 Å². The molecule has 1 atom stereocenters. The van der Waals surface area contributed by atoms with Crippen LogP contribution in [0.25, 0.3) is 0 Å². The fourth-order valence-corrected chi connectivity index (χ4v) is 1.16. The van der Waals surface area contributed by atoms with E-state index in [1.807, 2.05) is 24.4 Å². The van der Waals surface area contributed by atoms with E-state index in [2.05, 4.69) is 0 Å². The number of nitrogens with two attached hydrogens (primary N) is 1. The maximum atomic E-state index is 11.3. The predicted molar refractivity (Wildman–Crippen MR) is 59.0 cm³/mol. The zero-order chi connectivity index (χ0) is 12.1. The van der Waals surface area contributed by atoms with Crippen molar-refractivity contribution in [2.75, 3.05) is 0 Å². The Morgan fingerprint density at radius 1 is 1.38 bits per heavy atom. The highest BCUT2D eigenvalue weighted by Crippen LogP contribution is 2.17. The van der Waals surface area contributed by atoms with E-state index in [9.17, 15) is 9.59 Å². The lowest BCUT2D eigenvalue weighted by Crippen LogP contribution is -2.42. The number of carbonyl (C=O) groups is 2. The molecule has 16 heavy (non-hydrogen) atoms. The van der Waals surface area contributed by atoms with Gasteiger partial charge in [0.05, 0.1) is 0 Å². The third-order valence-corrected chi connectivity index (χ3v) is 2.01. The number of carbonyl (C=O) groups excluding carboxylic acids is 2. The Morgan fingerprint density at radius 2 is 2.00 bits per heavy atom. The van der Waals surface area contributed by atoms with Gasteiger partial charge in [-0.1, -0.05) is 18.2 Å². The zero-order valence-electron chi connectivity index (χ0n) is 9.19. The zero-order valence-corrected chi connectivity index (χ0v) is 9.19. The summed E-state index contributed by atoms with van der Waals surface area (Å²) < 4.78 is 5.39. The van der Waals surface area contributed by atoms with Crippen LogP contribution in [0, 0.1) is 6.92 Å². The highest BCUT2D eigenvalue weighted by molar-refractivity contribution is 5.95. The van der Waals surface area contributed by atoms with Crippen molar-refractivity contribution in [1.29, 1.82) is 0 Å². The normalized spacial score (nSPS) is 11.6. The molecule has 0 saturated heterocycles. The second-order valence-corrected chi connectivity index (χ2v) is 3.38. The molecule has 0 bridgehead atoms. The predicted octanol–water partition coefficient (Wildman–Crippen LogP) is 0.957. The summed E-state index contributed by atoms with van der Waals surface area (Å²) in [5, 5.41) is 1.96. The van der Waals surface area contributed by atoms with Crippen LogP contribution in [-0.2, 0) is 4.79 Å². The van der Waals surface area contributed by atoms with Crippen LogP contribution in [0.5, 0.6) is 5.75 Å². The first kappa shape index (κ1) is 12.0. The lowest BCUT2D eigenvalue weighted by atomic mass is 10.2. The molecule has 0 aromatic heterocycles. The first-order chi connectivity index (χ1) is 7.50. The molecule has 0 fully saturated rings. The molecule has 5 nitrogen and oxygen atoms in total. The minimum absolute atomic E-state index is 0.559. The fraction of sp³-hybridized carbons (Fsp3) is 0.273. The number of imide groups is 1. The van der Waals surface area contributed by atoms with E-state index in [0.717, 1.165) is 5.56 Å². The van der Waals surface area contributed by atoms with Gasteiger partial charge in [0, 0.05) is 0 Å². The van der Waals surface area contributed by atoms with E-state index in [1.165, 1.54) is 0 Å². The van der Waals surface area contributed by atoms with E-state index >= 15 is 0 Å². The van der Waals surface area contributed by atoms with E-state index in [4.69, 9.17) is 10.5 Å². The van der Waals surface area contributed by atoms with Gasteiger partial charge in [-0.15, -0.1) is 0 Å². The Balaban J connectivity index is 2.64. The molecule has 0 radical (unpaired) electrons. The summed E-state index contributed by atoms with van der Waals surface area (Å²) in [7, 11) is 0. The van der Waals surface area contributed by atoms with E-state index in [1.54, 1.807) is 19.1 Å². The Hall–Kier alpha value is -2.04. The number of primary amides is 1. The van der Waals surface area contributed by atoms with Gasteiger partial charge in [-0.3, -0.25) is 10.1 Å². The van der Waals surface area contributed by atoms with Crippen molar-refractivity contribution < 1.29 is 14.3 Å². The summed E-state index contributed by atoms with van der Waals surface area (Å²) in [6.07, 6.45) is -0.770. The smallest absolute Gasteiger partial charge is 0.318 e. The van der Waals surface area contributed by atoms with Gasteiger partial charge in [0.25, 0.3) is 5.91 Å². The van der Waals surface area contributed by atoms with Gasteiger partial charge in [0.1, 0.15) is 5.75 Å². The Morgan fingerprint density at radius 3 is 2.56 bits per heavy atom.